The smallest absolute Gasteiger partial charge is 0.161 e. The molecule has 12 atom stereocenters. The van der Waals surface area contributed by atoms with Gasteiger partial charge in [-0.1, -0.05) is 25.5 Å². The molecule has 4 fully saturated rings. The lowest BCUT2D eigenvalue weighted by Crippen LogP contribution is -2.61. The van der Waals surface area contributed by atoms with E-state index in [1.807, 2.05) is 0 Å². The van der Waals surface area contributed by atoms with Crippen LogP contribution in [0.5, 0.6) is 0 Å². The van der Waals surface area contributed by atoms with Gasteiger partial charge < -0.3 is 29.9 Å². The highest BCUT2D eigenvalue weighted by atomic mass is 16.7. The first-order valence-electron chi connectivity index (χ1n) is 13.3. The van der Waals surface area contributed by atoms with E-state index in [1.54, 1.807) is 6.92 Å². The molecule has 0 spiro atoms. The van der Waals surface area contributed by atoms with Crippen LogP contribution in [0.1, 0.15) is 85.5 Å². The molecule has 2 unspecified atom stereocenters. The van der Waals surface area contributed by atoms with Crippen LogP contribution < -0.4 is 0 Å². The van der Waals surface area contributed by atoms with Gasteiger partial charge in [0, 0.05) is 11.8 Å². The molecule has 1 heterocycles. The van der Waals surface area contributed by atoms with Gasteiger partial charge in [-0.15, -0.1) is 0 Å². The molecule has 1 saturated heterocycles. The lowest BCUT2D eigenvalue weighted by Gasteiger charge is -2.61. The number of hydrogen-bond acceptors (Lipinski definition) is 6. The van der Waals surface area contributed by atoms with Crippen LogP contribution >= 0.6 is 0 Å². The summed E-state index contributed by atoms with van der Waals surface area (Å²) in [6, 6.07) is 0. The standard InChI is InChI=1S/C27H44O6/c1-15(32-23-14-22(29)24(30)16(2)33-23)19-9-12-27(31)21-6-5-17-13-18(28)7-10-25(17,3)20(21)8-11-26(19,27)4/h5,15-16,18-24,28-31H,6-14H2,1-4H3/t15?,16-,18?,19-,20+,21-,22-,23-,24-,25+,26-,27-/m1/s1. The van der Waals surface area contributed by atoms with Crippen LogP contribution in [0.25, 0.3) is 0 Å². The van der Waals surface area contributed by atoms with Crippen molar-refractivity contribution in [1.82, 2.24) is 0 Å². The average molecular weight is 465 g/mol. The zero-order valence-electron chi connectivity index (χ0n) is 20.7. The summed E-state index contributed by atoms with van der Waals surface area (Å²) in [6.07, 6.45) is 7.00. The fraction of sp³-hybridized carbons (Fsp3) is 0.926. The van der Waals surface area contributed by atoms with Gasteiger partial charge in [-0.2, -0.15) is 0 Å². The molecular weight excluding hydrogens is 420 g/mol. The number of aliphatic hydroxyl groups is 4. The first-order valence-corrected chi connectivity index (χ1v) is 13.3. The molecule has 0 aromatic carbocycles. The molecule has 1 aliphatic heterocycles. The van der Waals surface area contributed by atoms with Gasteiger partial charge in [-0.25, -0.2) is 0 Å². The molecule has 5 aliphatic rings. The average Bonchev–Trinajstić information content (AvgIpc) is 3.04. The first-order chi connectivity index (χ1) is 15.5. The van der Waals surface area contributed by atoms with Crippen LogP contribution in [0.2, 0.25) is 0 Å². The molecule has 0 radical (unpaired) electrons. The highest BCUT2D eigenvalue weighted by molar-refractivity contribution is 5.28. The maximum Gasteiger partial charge on any atom is 0.161 e. The van der Waals surface area contributed by atoms with Gasteiger partial charge in [0.1, 0.15) is 6.10 Å². The van der Waals surface area contributed by atoms with Crippen molar-refractivity contribution in [1.29, 1.82) is 0 Å². The van der Waals surface area contributed by atoms with Gasteiger partial charge in [0.15, 0.2) is 6.29 Å². The van der Waals surface area contributed by atoms with E-state index >= 15 is 0 Å². The van der Waals surface area contributed by atoms with Gasteiger partial charge >= 0.3 is 0 Å². The lowest BCUT2D eigenvalue weighted by atomic mass is 9.45. The second kappa shape index (κ2) is 8.28. The van der Waals surface area contributed by atoms with E-state index in [2.05, 4.69) is 26.8 Å². The minimum absolute atomic E-state index is 0.0997. The van der Waals surface area contributed by atoms with Crippen molar-refractivity contribution in [2.75, 3.05) is 0 Å². The predicted molar refractivity (Wildman–Crippen MR) is 124 cm³/mol. The molecule has 0 bridgehead atoms. The van der Waals surface area contributed by atoms with Gasteiger partial charge in [0.25, 0.3) is 0 Å². The molecule has 0 aromatic heterocycles. The normalized spacial score (nSPS) is 55.2. The van der Waals surface area contributed by atoms with Crippen molar-refractivity contribution in [3.8, 4) is 0 Å². The molecule has 188 valence electrons. The zero-order chi connectivity index (χ0) is 23.8. The third kappa shape index (κ3) is 3.58. The van der Waals surface area contributed by atoms with Crippen molar-refractivity contribution in [2.24, 2.45) is 28.6 Å². The van der Waals surface area contributed by atoms with Gasteiger partial charge in [0.05, 0.1) is 30.0 Å². The summed E-state index contributed by atoms with van der Waals surface area (Å²) in [5.74, 6) is 0.940. The first kappa shape index (κ1) is 24.2. The second-order valence-corrected chi connectivity index (χ2v) is 12.4. The molecule has 0 aromatic rings. The van der Waals surface area contributed by atoms with Crippen LogP contribution in [0.15, 0.2) is 11.6 Å². The maximum absolute atomic E-state index is 12.3. The van der Waals surface area contributed by atoms with Crippen molar-refractivity contribution >= 4 is 0 Å². The van der Waals surface area contributed by atoms with Crippen LogP contribution in [0.4, 0.5) is 0 Å². The van der Waals surface area contributed by atoms with E-state index in [9.17, 15) is 20.4 Å². The minimum Gasteiger partial charge on any atom is -0.393 e. The number of allylic oxidation sites excluding steroid dienone is 1. The highest BCUT2D eigenvalue weighted by Crippen LogP contribution is 2.68. The monoisotopic (exact) mass is 464 g/mol. The van der Waals surface area contributed by atoms with E-state index in [4.69, 9.17) is 9.47 Å². The maximum atomic E-state index is 12.3. The lowest BCUT2D eigenvalue weighted by molar-refractivity contribution is -0.270. The molecule has 3 saturated carbocycles. The van der Waals surface area contributed by atoms with Gasteiger partial charge in [-0.3, -0.25) is 0 Å². The summed E-state index contributed by atoms with van der Waals surface area (Å²) >= 11 is 0. The Morgan fingerprint density at radius 1 is 1.06 bits per heavy atom. The fourth-order valence-electron chi connectivity index (χ4n) is 8.85. The van der Waals surface area contributed by atoms with Gasteiger partial charge in [-0.05, 0) is 88.4 Å². The van der Waals surface area contributed by atoms with Crippen LogP contribution in [-0.2, 0) is 9.47 Å². The number of hydrogen-bond donors (Lipinski definition) is 4. The van der Waals surface area contributed by atoms with Crippen LogP contribution in [-0.4, -0.2) is 62.8 Å². The number of aliphatic hydroxyl groups excluding tert-OH is 3. The molecular formula is C27H44O6. The Balaban J connectivity index is 1.34. The summed E-state index contributed by atoms with van der Waals surface area (Å²) in [7, 11) is 0. The molecule has 6 heteroatoms. The van der Waals surface area contributed by atoms with Crippen molar-refractivity contribution < 1.29 is 29.9 Å². The Morgan fingerprint density at radius 3 is 2.55 bits per heavy atom. The van der Waals surface area contributed by atoms with Crippen molar-refractivity contribution in [3.05, 3.63) is 11.6 Å². The van der Waals surface area contributed by atoms with Crippen molar-refractivity contribution in [3.63, 3.8) is 0 Å². The van der Waals surface area contributed by atoms with E-state index in [0.717, 1.165) is 51.4 Å². The number of ether oxygens (including phenoxy) is 2. The second-order valence-electron chi connectivity index (χ2n) is 12.4. The van der Waals surface area contributed by atoms with E-state index in [1.165, 1.54) is 5.57 Å². The highest BCUT2D eigenvalue weighted by Gasteiger charge is 2.67. The van der Waals surface area contributed by atoms with E-state index < -0.39 is 30.2 Å². The summed E-state index contributed by atoms with van der Waals surface area (Å²) in [4.78, 5) is 0. The largest absolute Gasteiger partial charge is 0.393 e. The van der Waals surface area contributed by atoms with E-state index in [-0.39, 0.29) is 41.3 Å². The molecule has 0 amide bonds. The molecule has 4 aliphatic carbocycles. The van der Waals surface area contributed by atoms with Crippen LogP contribution in [0, 0.1) is 28.6 Å². The Hall–Kier alpha value is -0.500. The summed E-state index contributed by atoms with van der Waals surface area (Å²) in [5, 5.41) is 42.7. The predicted octanol–water partition coefficient (Wildman–Crippen LogP) is 3.30. The topological polar surface area (TPSA) is 99.4 Å². The molecule has 33 heavy (non-hydrogen) atoms. The zero-order valence-corrected chi connectivity index (χ0v) is 20.7. The number of rotatable bonds is 3. The molecule has 6 nitrogen and oxygen atoms in total. The SMILES string of the molecule is CC(O[C@H]1C[C@@H](O)[C@H](O)[C@@H](C)O1)[C@H]1CC[C@@]2(O)[C@@H]3CC=C4CC(O)CC[C@]4(C)[C@H]3CC[C@]12C. The summed E-state index contributed by atoms with van der Waals surface area (Å²) in [5.41, 5.74) is 0.588. The third-order valence-electron chi connectivity index (χ3n) is 10.9. The van der Waals surface area contributed by atoms with Crippen molar-refractivity contribution in [2.45, 2.75) is 128 Å². The van der Waals surface area contributed by atoms with Gasteiger partial charge in [0.2, 0.25) is 0 Å². The van der Waals surface area contributed by atoms with Crippen LogP contribution in [0.3, 0.4) is 0 Å². The number of fused-ring (bicyclic) bond motifs is 5. The molecule has 5 rings (SSSR count). The Morgan fingerprint density at radius 2 is 1.82 bits per heavy atom. The fourth-order valence-corrected chi connectivity index (χ4v) is 8.85. The Labute approximate surface area is 198 Å². The minimum atomic E-state index is -0.879. The summed E-state index contributed by atoms with van der Waals surface area (Å²) in [6.45, 7) is 8.51. The summed E-state index contributed by atoms with van der Waals surface area (Å²) < 4.78 is 12.2. The molecule has 4 N–H and O–H groups in total. The van der Waals surface area contributed by atoms with E-state index in [0.29, 0.717) is 5.92 Å². The third-order valence-corrected chi connectivity index (χ3v) is 10.9. The Bertz CT molecular complexity index is 773. The quantitative estimate of drug-likeness (QED) is 0.479. The Kier molecular flexibility index (Phi) is 6.07.